The first kappa shape index (κ1) is 15.0. The Bertz CT molecular complexity index is 389. The molecule has 0 aromatic heterocycles. The maximum absolute atomic E-state index is 11.9. The molecule has 3 nitrogen and oxygen atoms in total. The highest BCUT2D eigenvalue weighted by Gasteiger charge is 2.15. The third-order valence-corrected chi connectivity index (χ3v) is 3.32. The van der Waals surface area contributed by atoms with Gasteiger partial charge in [0.2, 0.25) is 5.91 Å². The van der Waals surface area contributed by atoms with Gasteiger partial charge in [0.1, 0.15) is 0 Å². The lowest BCUT2D eigenvalue weighted by Crippen LogP contribution is -2.43. The van der Waals surface area contributed by atoms with E-state index in [1.165, 1.54) is 5.56 Å². The minimum Gasteiger partial charge on any atom is -0.353 e. The molecule has 0 unspecified atom stereocenters. The van der Waals surface area contributed by atoms with Crippen LogP contribution in [0.2, 0.25) is 0 Å². The minimum atomic E-state index is 0. The molecule has 0 bridgehead atoms. The number of rotatable bonds is 3. The van der Waals surface area contributed by atoms with Crippen molar-refractivity contribution in [3.8, 4) is 0 Å². The molecule has 0 radical (unpaired) electrons. The molecule has 1 fully saturated rings. The topological polar surface area (TPSA) is 41.1 Å². The van der Waals surface area contributed by atoms with Crippen LogP contribution in [0, 0.1) is 6.92 Å². The molecule has 0 atom stereocenters. The zero-order valence-corrected chi connectivity index (χ0v) is 11.6. The molecule has 1 amide bonds. The van der Waals surface area contributed by atoms with Gasteiger partial charge in [-0.3, -0.25) is 4.79 Å². The summed E-state index contributed by atoms with van der Waals surface area (Å²) in [7, 11) is 0. The van der Waals surface area contributed by atoms with Crippen LogP contribution < -0.4 is 10.6 Å². The molecule has 100 valence electrons. The molecule has 1 aromatic carbocycles. The number of halogens is 1. The lowest BCUT2D eigenvalue weighted by molar-refractivity contribution is -0.121. The van der Waals surface area contributed by atoms with Gasteiger partial charge in [0.05, 0.1) is 6.42 Å². The quantitative estimate of drug-likeness (QED) is 0.878. The van der Waals surface area contributed by atoms with E-state index in [1.807, 2.05) is 31.2 Å². The highest BCUT2D eigenvalue weighted by molar-refractivity contribution is 5.85. The molecule has 18 heavy (non-hydrogen) atoms. The van der Waals surface area contributed by atoms with E-state index in [-0.39, 0.29) is 18.3 Å². The van der Waals surface area contributed by atoms with Gasteiger partial charge in [0.15, 0.2) is 0 Å². The number of nitrogens with one attached hydrogen (secondary N) is 2. The fourth-order valence-electron chi connectivity index (χ4n) is 2.23. The Morgan fingerprint density at radius 3 is 2.67 bits per heavy atom. The van der Waals surface area contributed by atoms with Crippen molar-refractivity contribution in [2.45, 2.75) is 32.2 Å². The van der Waals surface area contributed by atoms with Gasteiger partial charge < -0.3 is 10.6 Å². The molecule has 1 saturated heterocycles. The Morgan fingerprint density at radius 2 is 2.00 bits per heavy atom. The first-order valence-corrected chi connectivity index (χ1v) is 6.30. The number of aryl methyl sites for hydroxylation is 1. The van der Waals surface area contributed by atoms with Crippen LogP contribution in [-0.2, 0) is 11.2 Å². The molecule has 1 aromatic rings. The number of carbonyl (C=O) groups is 1. The molecule has 0 spiro atoms. The second-order valence-electron chi connectivity index (χ2n) is 4.70. The van der Waals surface area contributed by atoms with Gasteiger partial charge in [0, 0.05) is 6.04 Å². The predicted octanol–water partition coefficient (Wildman–Crippen LogP) is 1.83. The highest BCUT2D eigenvalue weighted by atomic mass is 35.5. The fourth-order valence-corrected chi connectivity index (χ4v) is 2.23. The lowest BCUT2D eigenvalue weighted by Gasteiger charge is -2.23. The molecule has 1 heterocycles. The van der Waals surface area contributed by atoms with E-state index >= 15 is 0 Å². The van der Waals surface area contributed by atoms with Crippen LogP contribution in [-0.4, -0.2) is 25.0 Å². The van der Waals surface area contributed by atoms with Gasteiger partial charge in [-0.15, -0.1) is 12.4 Å². The van der Waals surface area contributed by atoms with Crippen molar-refractivity contribution in [2.75, 3.05) is 13.1 Å². The van der Waals surface area contributed by atoms with Gasteiger partial charge in [-0.25, -0.2) is 0 Å². The summed E-state index contributed by atoms with van der Waals surface area (Å²) in [6.07, 6.45) is 2.58. The second-order valence-corrected chi connectivity index (χ2v) is 4.70. The Hall–Kier alpha value is -1.06. The molecular formula is C14H21ClN2O. The van der Waals surface area contributed by atoms with Crippen LogP contribution in [0.3, 0.4) is 0 Å². The van der Waals surface area contributed by atoms with Gasteiger partial charge in [0.25, 0.3) is 0 Å². The Balaban J connectivity index is 0.00000162. The average Bonchev–Trinajstić information content (AvgIpc) is 2.33. The first-order chi connectivity index (χ1) is 8.25. The Labute approximate surface area is 115 Å². The van der Waals surface area contributed by atoms with Crippen LogP contribution in [0.15, 0.2) is 24.3 Å². The normalized spacial score (nSPS) is 15.8. The van der Waals surface area contributed by atoms with E-state index in [0.717, 1.165) is 31.5 Å². The Kier molecular flexibility index (Phi) is 6.16. The highest BCUT2D eigenvalue weighted by Crippen LogP contribution is 2.08. The number of piperidine rings is 1. The number of hydrogen-bond acceptors (Lipinski definition) is 2. The summed E-state index contributed by atoms with van der Waals surface area (Å²) in [6.45, 7) is 4.07. The molecule has 0 aliphatic carbocycles. The smallest absolute Gasteiger partial charge is 0.224 e. The SMILES string of the molecule is Cc1ccccc1CC(=O)NC1CCNCC1.Cl. The largest absolute Gasteiger partial charge is 0.353 e. The summed E-state index contributed by atoms with van der Waals surface area (Å²) < 4.78 is 0. The van der Waals surface area contributed by atoms with Crippen molar-refractivity contribution in [3.05, 3.63) is 35.4 Å². The van der Waals surface area contributed by atoms with Gasteiger partial charge >= 0.3 is 0 Å². The van der Waals surface area contributed by atoms with Crippen molar-refractivity contribution in [1.82, 2.24) is 10.6 Å². The molecule has 2 rings (SSSR count). The van der Waals surface area contributed by atoms with Crippen LogP contribution in [0.1, 0.15) is 24.0 Å². The monoisotopic (exact) mass is 268 g/mol. The number of benzene rings is 1. The third-order valence-electron chi connectivity index (χ3n) is 3.32. The summed E-state index contributed by atoms with van der Waals surface area (Å²) in [6, 6.07) is 8.42. The van der Waals surface area contributed by atoms with Crippen molar-refractivity contribution >= 4 is 18.3 Å². The average molecular weight is 269 g/mol. The summed E-state index contributed by atoms with van der Waals surface area (Å²) in [5.41, 5.74) is 2.31. The molecule has 1 aliphatic heterocycles. The van der Waals surface area contributed by atoms with E-state index in [1.54, 1.807) is 0 Å². The number of hydrogen-bond donors (Lipinski definition) is 2. The number of amides is 1. The zero-order chi connectivity index (χ0) is 12.1. The van der Waals surface area contributed by atoms with E-state index in [4.69, 9.17) is 0 Å². The van der Waals surface area contributed by atoms with Crippen molar-refractivity contribution < 1.29 is 4.79 Å². The van der Waals surface area contributed by atoms with Gasteiger partial charge in [-0.1, -0.05) is 24.3 Å². The molecule has 1 aliphatic rings. The fraction of sp³-hybridized carbons (Fsp3) is 0.500. The third kappa shape index (κ3) is 4.31. The van der Waals surface area contributed by atoms with Crippen LogP contribution >= 0.6 is 12.4 Å². The van der Waals surface area contributed by atoms with Gasteiger partial charge in [-0.2, -0.15) is 0 Å². The lowest BCUT2D eigenvalue weighted by atomic mass is 10.0. The predicted molar refractivity (Wildman–Crippen MR) is 76.2 cm³/mol. The summed E-state index contributed by atoms with van der Waals surface area (Å²) in [5.74, 6) is 0.145. The van der Waals surface area contributed by atoms with Crippen LogP contribution in [0.4, 0.5) is 0 Å². The van der Waals surface area contributed by atoms with Crippen LogP contribution in [0.25, 0.3) is 0 Å². The van der Waals surface area contributed by atoms with Crippen molar-refractivity contribution in [1.29, 1.82) is 0 Å². The van der Waals surface area contributed by atoms with Crippen molar-refractivity contribution in [2.24, 2.45) is 0 Å². The zero-order valence-electron chi connectivity index (χ0n) is 10.7. The maximum atomic E-state index is 11.9. The van der Waals surface area contributed by atoms with E-state index in [9.17, 15) is 4.79 Å². The van der Waals surface area contributed by atoms with Crippen molar-refractivity contribution in [3.63, 3.8) is 0 Å². The molecular weight excluding hydrogens is 248 g/mol. The second kappa shape index (κ2) is 7.39. The first-order valence-electron chi connectivity index (χ1n) is 6.30. The minimum absolute atomic E-state index is 0. The van der Waals surface area contributed by atoms with E-state index in [2.05, 4.69) is 10.6 Å². The molecule has 0 saturated carbocycles. The van der Waals surface area contributed by atoms with E-state index in [0.29, 0.717) is 12.5 Å². The summed E-state index contributed by atoms with van der Waals surface area (Å²) >= 11 is 0. The number of carbonyl (C=O) groups excluding carboxylic acids is 1. The summed E-state index contributed by atoms with van der Waals surface area (Å²) in [4.78, 5) is 11.9. The summed E-state index contributed by atoms with van der Waals surface area (Å²) in [5, 5.41) is 6.41. The maximum Gasteiger partial charge on any atom is 0.224 e. The van der Waals surface area contributed by atoms with Gasteiger partial charge in [-0.05, 0) is 44.0 Å². The molecule has 4 heteroatoms. The standard InChI is InChI=1S/C14H20N2O.ClH/c1-11-4-2-3-5-12(11)10-14(17)16-13-6-8-15-9-7-13;/h2-5,13,15H,6-10H2,1H3,(H,16,17);1H. The van der Waals surface area contributed by atoms with E-state index < -0.39 is 0 Å². The molecule has 2 N–H and O–H groups in total. The Morgan fingerprint density at radius 1 is 1.33 bits per heavy atom. The van der Waals surface area contributed by atoms with Crippen LogP contribution in [0.5, 0.6) is 0 Å².